The van der Waals surface area contributed by atoms with Gasteiger partial charge in [-0.25, -0.2) is 0 Å². The fourth-order valence-corrected chi connectivity index (χ4v) is 5.24. The van der Waals surface area contributed by atoms with Crippen molar-refractivity contribution in [1.29, 1.82) is 0 Å². The number of Topliss-reactive ketones (excluding diaryl/α,β-unsaturated/α-hetero) is 6. The highest BCUT2D eigenvalue weighted by atomic mass is 16.2. The summed E-state index contributed by atoms with van der Waals surface area (Å²) in [5, 5.41) is 13.5. The molecule has 270 valence electrons. The molecule has 15 nitrogen and oxygen atoms in total. The molecule has 0 fully saturated rings. The van der Waals surface area contributed by atoms with Gasteiger partial charge >= 0.3 is 0 Å². The highest BCUT2D eigenvalue weighted by Gasteiger charge is 2.25. The molecule has 48 heavy (non-hydrogen) atoms. The van der Waals surface area contributed by atoms with Gasteiger partial charge in [0.05, 0.1) is 0 Å². The lowest BCUT2D eigenvalue weighted by Gasteiger charge is -2.23. The van der Waals surface area contributed by atoms with Crippen molar-refractivity contribution in [3.05, 3.63) is 0 Å². The standard InChI is InChI=1S/C33H53N5O10/c1-19(39)10-25(35-32(47)18-29(15-24(6)44)38-31(46)16-26(34-7)11-20(2)40)8-9-30(45)36-28(14-23(5)43)17-33(48)37-27(12-21(3)41)13-22(4)42/h25-29,34H,8-18H2,1-7H3,(H,35,47)(H,36,45)(H,37,48)(H,38,46). The number of amides is 4. The summed E-state index contributed by atoms with van der Waals surface area (Å²) >= 11 is 0. The van der Waals surface area contributed by atoms with Gasteiger partial charge < -0.3 is 26.6 Å². The van der Waals surface area contributed by atoms with Crippen LogP contribution in [0.3, 0.4) is 0 Å². The van der Waals surface area contributed by atoms with Gasteiger partial charge in [-0.1, -0.05) is 0 Å². The van der Waals surface area contributed by atoms with Crippen LogP contribution in [0.1, 0.15) is 112 Å². The zero-order valence-electron chi connectivity index (χ0n) is 29.2. The van der Waals surface area contributed by atoms with Crippen molar-refractivity contribution in [3.63, 3.8) is 0 Å². The molecule has 4 amide bonds. The van der Waals surface area contributed by atoms with E-state index in [2.05, 4.69) is 26.6 Å². The molecule has 4 atom stereocenters. The van der Waals surface area contributed by atoms with Crippen molar-refractivity contribution in [3.8, 4) is 0 Å². The van der Waals surface area contributed by atoms with Crippen molar-refractivity contribution in [2.45, 2.75) is 142 Å². The van der Waals surface area contributed by atoms with Crippen molar-refractivity contribution in [1.82, 2.24) is 26.6 Å². The molecule has 0 rings (SSSR count). The van der Waals surface area contributed by atoms with Gasteiger partial charge in [0.1, 0.15) is 34.7 Å². The predicted molar refractivity (Wildman–Crippen MR) is 175 cm³/mol. The van der Waals surface area contributed by atoms with Crippen LogP contribution in [0.15, 0.2) is 0 Å². The molecule has 0 aromatic carbocycles. The topological polar surface area (TPSA) is 231 Å². The summed E-state index contributed by atoms with van der Waals surface area (Å²) in [5.41, 5.74) is 0. The molecule has 5 N–H and O–H groups in total. The first-order valence-electron chi connectivity index (χ1n) is 16.1. The lowest BCUT2D eigenvalue weighted by Crippen LogP contribution is -2.45. The molecule has 15 heteroatoms. The molecular weight excluding hydrogens is 626 g/mol. The van der Waals surface area contributed by atoms with Crippen LogP contribution < -0.4 is 26.6 Å². The van der Waals surface area contributed by atoms with E-state index in [-0.39, 0.29) is 105 Å². The summed E-state index contributed by atoms with van der Waals surface area (Å²) in [7, 11) is 1.61. The Kier molecular flexibility index (Phi) is 21.2. The van der Waals surface area contributed by atoms with E-state index < -0.39 is 53.8 Å². The maximum Gasteiger partial charge on any atom is 0.222 e. The molecule has 4 unspecified atom stereocenters. The molecule has 0 aliphatic rings. The first kappa shape index (κ1) is 43.9. The van der Waals surface area contributed by atoms with Gasteiger partial charge in [-0.05, 0) is 55.0 Å². The summed E-state index contributed by atoms with van der Waals surface area (Å²) in [6, 6.07) is -3.60. The number of nitrogens with one attached hydrogen (secondary N) is 5. The molecule has 0 spiro atoms. The van der Waals surface area contributed by atoms with Crippen LogP contribution in [0.25, 0.3) is 0 Å². The third kappa shape index (κ3) is 23.2. The van der Waals surface area contributed by atoms with Crippen molar-refractivity contribution >= 4 is 58.3 Å². The molecule has 0 aliphatic heterocycles. The summed E-state index contributed by atoms with van der Waals surface area (Å²) in [4.78, 5) is 121. The number of hydrogen-bond donors (Lipinski definition) is 5. The molecule has 0 aromatic heterocycles. The van der Waals surface area contributed by atoms with E-state index in [0.29, 0.717) is 0 Å². The second kappa shape index (κ2) is 23.2. The SMILES string of the molecule is CNC(CC(C)=O)CC(=O)NC(CC(C)=O)CC(=O)NC(CCC(=O)NC(CC(C)=O)CC(=O)NC(CC(C)=O)CC(C)=O)CC(C)=O. The van der Waals surface area contributed by atoms with E-state index >= 15 is 0 Å². The smallest absolute Gasteiger partial charge is 0.222 e. The van der Waals surface area contributed by atoms with E-state index in [0.717, 1.165) is 0 Å². The van der Waals surface area contributed by atoms with Gasteiger partial charge in [-0.15, -0.1) is 0 Å². The lowest BCUT2D eigenvalue weighted by atomic mass is 10.0. The number of hydrogen-bond acceptors (Lipinski definition) is 11. The van der Waals surface area contributed by atoms with Crippen LogP contribution in [0.4, 0.5) is 0 Å². The minimum absolute atomic E-state index is 0.0358. The monoisotopic (exact) mass is 679 g/mol. The van der Waals surface area contributed by atoms with E-state index in [4.69, 9.17) is 0 Å². The Bertz CT molecular complexity index is 1190. The highest BCUT2D eigenvalue weighted by Crippen LogP contribution is 2.10. The number of carbonyl (C=O) groups is 10. The van der Waals surface area contributed by atoms with E-state index in [1.54, 1.807) is 7.05 Å². The van der Waals surface area contributed by atoms with E-state index in [1.807, 2.05) is 0 Å². The third-order valence-electron chi connectivity index (χ3n) is 7.09. The van der Waals surface area contributed by atoms with Crippen molar-refractivity contribution < 1.29 is 47.9 Å². The Balaban J connectivity index is 5.39. The van der Waals surface area contributed by atoms with Gasteiger partial charge in [-0.2, -0.15) is 0 Å². The van der Waals surface area contributed by atoms with Crippen molar-refractivity contribution in [2.75, 3.05) is 7.05 Å². The largest absolute Gasteiger partial charge is 0.353 e. The van der Waals surface area contributed by atoms with Gasteiger partial charge in [-0.3, -0.25) is 47.9 Å². The van der Waals surface area contributed by atoms with E-state index in [1.165, 1.54) is 41.5 Å². The summed E-state index contributed by atoms with van der Waals surface area (Å²) in [5.74, 6) is -3.44. The Labute approximate surface area is 282 Å². The van der Waals surface area contributed by atoms with Crippen LogP contribution >= 0.6 is 0 Å². The first-order valence-corrected chi connectivity index (χ1v) is 16.1. The molecule has 0 aromatic rings. The Morgan fingerprint density at radius 1 is 0.354 bits per heavy atom. The molecular formula is C33H53N5O10. The Hall–Kier alpha value is -4.14. The third-order valence-corrected chi connectivity index (χ3v) is 7.09. The maximum absolute atomic E-state index is 13.0. The van der Waals surface area contributed by atoms with E-state index in [9.17, 15) is 47.9 Å². The molecule has 0 aliphatic carbocycles. The minimum Gasteiger partial charge on any atom is -0.353 e. The maximum atomic E-state index is 13.0. The van der Waals surface area contributed by atoms with Crippen LogP contribution in [0.5, 0.6) is 0 Å². The number of carbonyl (C=O) groups excluding carboxylic acids is 10. The van der Waals surface area contributed by atoms with Crippen LogP contribution in [0, 0.1) is 0 Å². The predicted octanol–water partition coefficient (Wildman–Crippen LogP) is 0.339. The number of rotatable bonds is 26. The van der Waals surface area contributed by atoms with Gasteiger partial charge in [0, 0.05) is 94.4 Å². The average Bonchev–Trinajstić information content (AvgIpc) is 2.88. The molecule has 0 saturated carbocycles. The fourth-order valence-electron chi connectivity index (χ4n) is 5.24. The van der Waals surface area contributed by atoms with Gasteiger partial charge in [0.15, 0.2) is 0 Å². The highest BCUT2D eigenvalue weighted by molar-refractivity contribution is 5.86. The number of ketones is 6. The first-order chi connectivity index (χ1) is 22.3. The zero-order chi connectivity index (χ0) is 37.0. The average molecular weight is 680 g/mol. The molecule has 0 bridgehead atoms. The van der Waals surface area contributed by atoms with Crippen molar-refractivity contribution in [2.24, 2.45) is 0 Å². The second-order valence-corrected chi connectivity index (χ2v) is 12.6. The Morgan fingerprint density at radius 2 is 0.604 bits per heavy atom. The zero-order valence-corrected chi connectivity index (χ0v) is 29.2. The molecule has 0 heterocycles. The second-order valence-electron chi connectivity index (χ2n) is 12.6. The molecule has 0 radical (unpaired) electrons. The molecule has 0 saturated heterocycles. The Morgan fingerprint density at radius 3 is 0.938 bits per heavy atom. The van der Waals surface area contributed by atoms with Crippen LogP contribution in [-0.2, 0) is 47.9 Å². The van der Waals surface area contributed by atoms with Gasteiger partial charge in [0.25, 0.3) is 0 Å². The van der Waals surface area contributed by atoms with Crippen LogP contribution in [0.2, 0.25) is 0 Å². The summed E-state index contributed by atoms with van der Waals surface area (Å²) < 4.78 is 0. The van der Waals surface area contributed by atoms with Gasteiger partial charge in [0.2, 0.25) is 23.6 Å². The minimum atomic E-state index is -0.875. The summed E-state index contributed by atoms with van der Waals surface area (Å²) in [6.45, 7) is 8.02. The fraction of sp³-hybridized carbons (Fsp3) is 0.697. The quantitative estimate of drug-likeness (QED) is 0.0837. The normalized spacial score (nSPS) is 13.3. The van der Waals surface area contributed by atoms with Crippen LogP contribution in [-0.4, -0.2) is 95.6 Å². The lowest BCUT2D eigenvalue weighted by molar-refractivity contribution is -0.128. The summed E-state index contributed by atoms with van der Waals surface area (Å²) in [6.07, 6.45) is -1.04.